The number of aromatic hydroxyl groups is 1. The van der Waals surface area contributed by atoms with E-state index in [-0.39, 0.29) is 11.9 Å². The molecule has 186 valence electrons. The zero-order valence-electron chi connectivity index (χ0n) is 20.7. The van der Waals surface area contributed by atoms with Crippen molar-refractivity contribution in [2.45, 2.75) is 75.5 Å². The zero-order chi connectivity index (χ0) is 24.2. The van der Waals surface area contributed by atoms with Gasteiger partial charge in [-0.15, -0.1) is 6.58 Å². The molecule has 3 aliphatic rings. The van der Waals surface area contributed by atoms with E-state index >= 15 is 0 Å². The van der Waals surface area contributed by atoms with E-state index in [1.807, 2.05) is 30.3 Å². The SMILES string of the molecule is C=CCN1CCC2CCCC(C1)N2C(c1ccc(C(=O)NC2CCCC2)cc1)c1cccc(O)c1. The molecule has 35 heavy (non-hydrogen) atoms. The molecule has 2 heterocycles. The molecule has 0 spiro atoms. The molecule has 2 bridgehead atoms. The summed E-state index contributed by atoms with van der Waals surface area (Å²) in [6.07, 6.45) is 11.4. The van der Waals surface area contributed by atoms with Gasteiger partial charge < -0.3 is 10.4 Å². The van der Waals surface area contributed by atoms with Crippen molar-refractivity contribution in [1.82, 2.24) is 15.1 Å². The Kier molecular flexibility index (Phi) is 7.54. The molecule has 0 radical (unpaired) electrons. The van der Waals surface area contributed by atoms with E-state index in [4.69, 9.17) is 0 Å². The maximum absolute atomic E-state index is 12.8. The molecule has 2 aromatic carbocycles. The Labute approximate surface area is 209 Å². The number of amides is 1. The molecule has 1 amide bonds. The van der Waals surface area contributed by atoms with Gasteiger partial charge in [0.15, 0.2) is 0 Å². The predicted octanol–water partition coefficient (Wildman–Crippen LogP) is 5.27. The van der Waals surface area contributed by atoms with Crippen molar-refractivity contribution in [3.63, 3.8) is 0 Å². The van der Waals surface area contributed by atoms with E-state index in [2.05, 4.69) is 39.9 Å². The highest BCUT2D eigenvalue weighted by molar-refractivity contribution is 5.94. The molecule has 3 atom stereocenters. The van der Waals surface area contributed by atoms with Crippen LogP contribution < -0.4 is 5.32 Å². The smallest absolute Gasteiger partial charge is 0.251 e. The molecular weight excluding hydrogens is 434 g/mol. The molecule has 3 fully saturated rings. The number of nitrogens with one attached hydrogen (secondary N) is 1. The maximum atomic E-state index is 12.8. The van der Waals surface area contributed by atoms with Gasteiger partial charge in [-0.25, -0.2) is 0 Å². The number of fused-ring (bicyclic) bond motifs is 2. The van der Waals surface area contributed by atoms with E-state index in [1.54, 1.807) is 6.07 Å². The highest BCUT2D eigenvalue weighted by atomic mass is 16.3. The Balaban J connectivity index is 1.46. The Morgan fingerprint density at radius 2 is 1.77 bits per heavy atom. The van der Waals surface area contributed by atoms with Crippen molar-refractivity contribution in [3.05, 3.63) is 77.9 Å². The number of hydrogen-bond donors (Lipinski definition) is 2. The summed E-state index contributed by atoms with van der Waals surface area (Å²) in [5, 5.41) is 13.5. The van der Waals surface area contributed by atoms with E-state index in [1.165, 1.54) is 37.7 Å². The van der Waals surface area contributed by atoms with Crippen molar-refractivity contribution in [1.29, 1.82) is 0 Å². The van der Waals surface area contributed by atoms with E-state index in [0.29, 0.717) is 23.9 Å². The van der Waals surface area contributed by atoms with Gasteiger partial charge in [0.1, 0.15) is 5.75 Å². The fraction of sp³-hybridized carbons (Fsp3) is 0.500. The lowest BCUT2D eigenvalue weighted by Crippen LogP contribution is -2.50. The van der Waals surface area contributed by atoms with Gasteiger partial charge in [-0.05, 0) is 67.5 Å². The zero-order valence-corrected chi connectivity index (χ0v) is 20.7. The molecular formula is C30H39N3O2. The number of carbonyl (C=O) groups excluding carboxylic acids is 1. The van der Waals surface area contributed by atoms with Crippen LogP contribution in [0.4, 0.5) is 0 Å². The molecule has 1 saturated carbocycles. The van der Waals surface area contributed by atoms with Crippen LogP contribution in [0.3, 0.4) is 0 Å². The van der Waals surface area contributed by atoms with Crippen molar-refractivity contribution in [3.8, 4) is 5.75 Å². The number of phenols is 1. The van der Waals surface area contributed by atoms with Crippen molar-refractivity contribution in [2.24, 2.45) is 0 Å². The summed E-state index contributed by atoms with van der Waals surface area (Å²) < 4.78 is 0. The summed E-state index contributed by atoms with van der Waals surface area (Å²) in [6, 6.07) is 17.3. The van der Waals surface area contributed by atoms with E-state index < -0.39 is 0 Å². The van der Waals surface area contributed by atoms with Crippen LogP contribution >= 0.6 is 0 Å². The lowest BCUT2D eigenvalue weighted by molar-refractivity contribution is 0.0562. The highest BCUT2D eigenvalue weighted by Crippen LogP contribution is 2.40. The number of phenolic OH excluding ortho intramolecular Hbond substituents is 1. The first kappa shape index (κ1) is 24.1. The summed E-state index contributed by atoms with van der Waals surface area (Å²) in [5.74, 6) is 0.331. The number of carbonyl (C=O) groups is 1. The molecule has 5 nitrogen and oxygen atoms in total. The summed E-state index contributed by atoms with van der Waals surface area (Å²) in [5.41, 5.74) is 3.02. The van der Waals surface area contributed by atoms with Gasteiger partial charge in [0, 0.05) is 43.3 Å². The number of nitrogens with zero attached hydrogens (tertiary/aromatic N) is 2. The maximum Gasteiger partial charge on any atom is 0.251 e. The number of benzene rings is 2. The van der Waals surface area contributed by atoms with Crippen LogP contribution in [0.5, 0.6) is 5.75 Å². The van der Waals surface area contributed by atoms with Gasteiger partial charge in [0.05, 0.1) is 6.04 Å². The minimum Gasteiger partial charge on any atom is -0.508 e. The summed E-state index contributed by atoms with van der Waals surface area (Å²) in [4.78, 5) is 18.1. The first-order valence-corrected chi connectivity index (χ1v) is 13.4. The topological polar surface area (TPSA) is 55.8 Å². The summed E-state index contributed by atoms with van der Waals surface area (Å²) >= 11 is 0. The molecule has 5 heteroatoms. The van der Waals surface area contributed by atoms with Gasteiger partial charge >= 0.3 is 0 Å². The third-order valence-electron chi connectivity index (χ3n) is 8.22. The number of rotatable bonds is 7. The van der Waals surface area contributed by atoms with E-state index in [9.17, 15) is 9.90 Å². The molecule has 2 saturated heterocycles. The normalized spacial score (nSPS) is 24.6. The van der Waals surface area contributed by atoms with Crippen LogP contribution in [-0.2, 0) is 0 Å². The van der Waals surface area contributed by atoms with Crippen LogP contribution in [0.1, 0.15) is 78.9 Å². The van der Waals surface area contributed by atoms with Gasteiger partial charge in [0.2, 0.25) is 0 Å². The third-order valence-corrected chi connectivity index (χ3v) is 8.22. The van der Waals surface area contributed by atoms with E-state index in [0.717, 1.165) is 50.0 Å². The summed E-state index contributed by atoms with van der Waals surface area (Å²) in [7, 11) is 0. The monoisotopic (exact) mass is 473 g/mol. The Bertz CT molecular complexity index is 1010. The van der Waals surface area contributed by atoms with Gasteiger partial charge in [-0.3, -0.25) is 14.6 Å². The molecule has 0 aromatic heterocycles. The van der Waals surface area contributed by atoms with Crippen molar-refractivity contribution >= 4 is 5.91 Å². The standard InChI is InChI=1S/C30H39N3O2/c1-2-18-32-19-17-26-10-6-11-27(21-32)33(26)29(24-7-5-12-28(34)20-24)22-13-15-23(16-14-22)30(35)31-25-8-3-4-9-25/h2,5,7,12-16,20,25-27,29,34H,1,3-4,6,8-11,17-19,21H2,(H,31,35). The van der Waals surface area contributed by atoms with Crippen molar-refractivity contribution in [2.75, 3.05) is 19.6 Å². The quantitative estimate of drug-likeness (QED) is 0.538. The van der Waals surface area contributed by atoms with Gasteiger partial charge in [0.25, 0.3) is 5.91 Å². The van der Waals surface area contributed by atoms with Crippen LogP contribution in [0.25, 0.3) is 0 Å². The first-order chi connectivity index (χ1) is 17.1. The Morgan fingerprint density at radius 1 is 1.00 bits per heavy atom. The van der Waals surface area contributed by atoms with Crippen LogP contribution in [-0.4, -0.2) is 58.6 Å². The average molecular weight is 474 g/mol. The number of hydrogen-bond acceptors (Lipinski definition) is 4. The first-order valence-electron chi connectivity index (χ1n) is 13.4. The third kappa shape index (κ3) is 5.46. The minimum absolute atomic E-state index is 0.0315. The van der Waals surface area contributed by atoms with Gasteiger partial charge in [-0.2, -0.15) is 0 Å². The average Bonchev–Trinajstić information content (AvgIpc) is 3.35. The minimum atomic E-state index is 0.0315. The molecule has 1 aliphatic carbocycles. The molecule has 5 rings (SSSR count). The highest BCUT2D eigenvalue weighted by Gasteiger charge is 2.39. The second-order valence-corrected chi connectivity index (χ2v) is 10.6. The van der Waals surface area contributed by atoms with Crippen molar-refractivity contribution < 1.29 is 9.90 Å². The largest absolute Gasteiger partial charge is 0.508 e. The van der Waals surface area contributed by atoms with Gasteiger partial charge in [-0.1, -0.05) is 49.6 Å². The summed E-state index contributed by atoms with van der Waals surface area (Å²) in [6.45, 7) is 7.03. The lowest BCUT2D eigenvalue weighted by Gasteiger charge is -2.46. The second-order valence-electron chi connectivity index (χ2n) is 10.6. The van der Waals surface area contributed by atoms with Crippen LogP contribution in [0, 0.1) is 0 Å². The molecule has 2 aromatic rings. The predicted molar refractivity (Wildman–Crippen MR) is 141 cm³/mol. The second kappa shape index (κ2) is 11.0. The Hall–Kier alpha value is -2.63. The van der Waals surface area contributed by atoms with Crippen LogP contribution in [0.2, 0.25) is 0 Å². The fourth-order valence-corrected chi connectivity index (χ4v) is 6.54. The fourth-order valence-electron chi connectivity index (χ4n) is 6.54. The van der Waals surface area contributed by atoms with Crippen LogP contribution in [0.15, 0.2) is 61.2 Å². The Morgan fingerprint density at radius 3 is 2.51 bits per heavy atom. The number of piperidine rings is 1. The molecule has 2 N–H and O–H groups in total. The molecule has 3 unspecified atom stereocenters. The molecule has 2 aliphatic heterocycles. The lowest BCUT2D eigenvalue weighted by atomic mass is 9.87.